The number of carbonyl (C=O) groups is 3. The van der Waals surface area contributed by atoms with Gasteiger partial charge in [0.05, 0.1) is 56.0 Å². The van der Waals surface area contributed by atoms with Gasteiger partial charge in [-0.2, -0.15) is 18.3 Å². The maximum Gasteiger partial charge on any atom is 0.406 e. The Bertz CT molecular complexity index is 1220. The second-order valence-electron chi connectivity index (χ2n) is 9.92. The summed E-state index contributed by atoms with van der Waals surface area (Å²) in [6.07, 6.45) is -1.16. The van der Waals surface area contributed by atoms with Gasteiger partial charge in [0.25, 0.3) is 11.8 Å². The van der Waals surface area contributed by atoms with Crippen molar-refractivity contribution in [2.45, 2.75) is 50.5 Å². The molecule has 15 heteroatoms. The number of carbonyl (C=O) groups excluding carboxylic acids is 3. The van der Waals surface area contributed by atoms with E-state index in [1.54, 1.807) is 15.2 Å². The molecule has 1 saturated carbocycles. The largest absolute Gasteiger partial charge is 0.406 e. The molecular formula is C24H27F4N7O4. The van der Waals surface area contributed by atoms with Crippen LogP contribution in [0.2, 0.25) is 0 Å². The molecule has 3 aliphatic heterocycles. The van der Waals surface area contributed by atoms with Crippen LogP contribution >= 0.6 is 0 Å². The van der Waals surface area contributed by atoms with Gasteiger partial charge >= 0.3 is 6.18 Å². The molecule has 3 atom stereocenters. The molecule has 1 saturated heterocycles. The average Bonchev–Trinajstić information content (AvgIpc) is 3.71. The van der Waals surface area contributed by atoms with Gasteiger partial charge in [-0.15, -0.1) is 0 Å². The third-order valence-electron chi connectivity index (χ3n) is 6.96. The molecule has 1 unspecified atom stereocenters. The highest BCUT2D eigenvalue weighted by molar-refractivity contribution is 6.37. The molecule has 0 aromatic carbocycles. The minimum Gasteiger partial charge on any atom is -0.379 e. The van der Waals surface area contributed by atoms with Crippen LogP contribution in [0.25, 0.3) is 0 Å². The van der Waals surface area contributed by atoms with Crippen molar-refractivity contribution < 1.29 is 36.7 Å². The van der Waals surface area contributed by atoms with E-state index in [0.29, 0.717) is 24.6 Å². The lowest BCUT2D eigenvalue weighted by Crippen LogP contribution is -2.64. The number of nitrogens with zero attached hydrogens (tertiary/aromatic N) is 6. The Labute approximate surface area is 220 Å². The average molecular weight is 554 g/mol. The second-order valence-corrected chi connectivity index (χ2v) is 9.92. The number of hydrogen-bond donors (Lipinski definition) is 1. The van der Waals surface area contributed by atoms with E-state index < -0.39 is 41.6 Å². The van der Waals surface area contributed by atoms with Crippen molar-refractivity contribution in [2.24, 2.45) is 16.0 Å². The number of fused-ring (bicyclic) bond motifs is 3. The fourth-order valence-electron chi connectivity index (χ4n) is 5.01. The Hall–Kier alpha value is -3.62. The number of ether oxygens (including phenoxy) is 1. The highest BCUT2D eigenvalue weighted by Gasteiger charge is 2.50. The second kappa shape index (κ2) is 10.5. The van der Waals surface area contributed by atoms with Gasteiger partial charge in [0.15, 0.2) is 11.7 Å². The number of hydrogen-bond acceptors (Lipinski definition) is 8. The number of alkyl halides is 3. The molecule has 2 fully saturated rings. The number of rotatable bonds is 7. The van der Waals surface area contributed by atoms with Gasteiger partial charge in [-0.05, 0) is 19.8 Å². The van der Waals surface area contributed by atoms with E-state index >= 15 is 0 Å². The van der Waals surface area contributed by atoms with E-state index in [0.717, 1.165) is 25.3 Å². The molecule has 4 aliphatic rings. The molecular weight excluding hydrogens is 526 g/mol. The van der Waals surface area contributed by atoms with Crippen molar-refractivity contribution in [3.8, 4) is 0 Å². The summed E-state index contributed by atoms with van der Waals surface area (Å²) in [5, 5.41) is 3.40. The number of amides is 3. The molecule has 5 rings (SSSR count). The SMILES string of the molecule is C[C@@H](COCCC(=O)N1CCN2c3ncc(F)cc3N(C3CC3)C(=O)[C@@H]2C1)N=C1C=NNC(=O)C1C(F)(F)F. The third-order valence-corrected chi connectivity index (χ3v) is 6.96. The maximum absolute atomic E-state index is 13.9. The first-order valence-corrected chi connectivity index (χ1v) is 12.6. The Morgan fingerprint density at radius 2 is 2.05 bits per heavy atom. The van der Waals surface area contributed by atoms with E-state index in [2.05, 4.69) is 15.1 Å². The van der Waals surface area contributed by atoms with Crippen LogP contribution in [0.1, 0.15) is 26.2 Å². The molecule has 1 aromatic rings. The number of anilines is 2. The minimum absolute atomic E-state index is 0.00198. The quantitative estimate of drug-likeness (QED) is 0.401. The van der Waals surface area contributed by atoms with Gasteiger partial charge in [-0.25, -0.2) is 14.8 Å². The number of nitrogens with one attached hydrogen (secondary N) is 1. The zero-order chi connectivity index (χ0) is 27.9. The van der Waals surface area contributed by atoms with Crippen molar-refractivity contribution >= 4 is 41.2 Å². The number of hydrazone groups is 1. The predicted molar refractivity (Wildman–Crippen MR) is 131 cm³/mol. The first-order valence-electron chi connectivity index (χ1n) is 12.6. The summed E-state index contributed by atoms with van der Waals surface area (Å²) in [7, 11) is 0. The summed E-state index contributed by atoms with van der Waals surface area (Å²) in [5.41, 5.74) is 1.74. The minimum atomic E-state index is -4.81. The summed E-state index contributed by atoms with van der Waals surface area (Å²) in [5.74, 6) is -4.10. The van der Waals surface area contributed by atoms with Crippen molar-refractivity contribution in [1.29, 1.82) is 0 Å². The topological polar surface area (TPSA) is 120 Å². The Balaban J connectivity index is 1.14. The molecule has 0 bridgehead atoms. The lowest BCUT2D eigenvalue weighted by molar-refractivity contribution is -0.168. The Morgan fingerprint density at radius 3 is 2.77 bits per heavy atom. The molecule has 4 heterocycles. The van der Waals surface area contributed by atoms with Crippen LogP contribution in [-0.2, 0) is 19.1 Å². The highest BCUT2D eigenvalue weighted by atomic mass is 19.4. The fourth-order valence-corrected chi connectivity index (χ4v) is 5.01. The summed E-state index contributed by atoms with van der Waals surface area (Å²) in [4.78, 5) is 51.0. The molecule has 1 aromatic heterocycles. The molecule has 3 amide bonds. The van der Waals surface area contributed by atoms with E-state index in [4.69, 9.17) is 4.74 Å². The van der Waals surface area contributed by atoms with Crippen LogP contribution in [0, 0.1) is 11.7 Å². The standard InChI is InChI=1S/C24H27F4N7O4/c1-13(31-16-10-30-32-22(37)20(16)24(26,27)28)12-39-7-4-19(36)33-5-6-34-18(11-33)23(38)35(15-2-3-15)17-8-14(25)9-29-21(17)34/h8-10,13,15,18,20H,2-7,11-12H2,1H3,(H,32,37)/t13-,18-,20?/m0/s1. The normalized spacial score (nSPS) is 24.9. The fraction of sp³-hybridized carbons (Fsp3) is 0.583. The van der Waals surface area contributed by atoms with Gasteiger partial charge in [0.1, 0.15) is 11.9 Å². The number of halogens is 4. The van der Waals surface area contributed by atoms with E-state index in [1.165, 1.54) is 13.0 Å². The van der Waals surface area contributed by atoms with E-state index in [-0.39, 0.29) is 44.0 Å². The van der Waals surface area contributed by atoms with Gasteiger partial charge in [0.2, 0.25) is 5.91 Å². The molecule has 1 aliphatic carbocycles. The number of pyridine rings is 1. The predicted octanol–water partition coefficient (Wildman–Crippen LogP) is 1.28. The summed E-state index contributed by atoms with van der Waals surface area (Å²) < 4.78 is 59.1. The number of piperazine rings is 1. The molecule has 0 radical (unpaired) electrons. The number of aliphatic imine (C=N–C) groups is 1. The van der Waals surface area contributed by atoms with Crippen molar-refractivity contribution in [1.82, 2.24) is 15.3 Å². The Morgan fingerprint density at radius 1 is 1.28 bits per heavy atom. The molecule has 210 valence electrons. The zero-order valence-electron chi connectivity index (χ0n) is 21.0. The van der Waals surface area contributed by atoms with Crippen LogP contribution in [0.4, 0.5) is 29.1 Å². The lowest BCUT2D eigenvalue weighted by Gasteiger charge is -2.47. The van der Waals surface area contributed by atoms with Crippen molar-refractivity contribution in [3.05, 3.63) is 18.1 Å². The maximum atomic E-state index is 13.9. The Kier molecular flexibility index (Phi) is 7.27. The van der Waals surface area contributed by atoms with Crippen LogP contribution in [0.3, 0.4) is 0 Å². The summed E-state index contributed by atoms with van der Waals surface area (Å²) >= 11 is 0. The van der Waals surface area contributed by atoms with Crippen molar-refractivity contribution in [2.75, 3.05) is 42.6 Å². The smallest absolute Gasteiger partial charge is 0.379 e. The summed E-state index contributed by atoms with van der Waals surface area (Å²) in [6, 6.07) is -0.00479. The van der Waals surface area contributed by atoms with Gasteiger partial charge in [-0.3, -0.25) is 19.4 Å². The van der Waals surface area contributed by atoms with Crippen molar-refractivity contribution in [3.63, 3.8) is 0 Å². The molecule has 39 heavy (non-hydrogen) atoms. The lowest BCUT2D eigenvalue weighted by atomic mass is 10.0. The van der Waals surface area contributed by atoms with Crippen LogP contribution in [-0.4, -0.2) is 96.7 Å². The van der Waals surface area contributed by atoms with Crippen LogP contribution < -0.4 is 15.2 Å². The first-order chi connectivity index (χ1) is 18.5. The summed E-state index contributed by atoms with van der Waals surface area (Å²) in [6.45, 7) is 2.32. The molecule has 11 nitrogen and oxygen atoms in total. The first kappa shape index (κ1) is 27.0. The van der Waals surface area contributed by atoms with E-state index in [1.807, 2.05) is 4.90 Å². The van der Waals surface area contributed by atoms with Gasteiger partial charge < -0.3 is 19.4 Å². The highest BCUT2D eigenvalue weighted by Crippen LogP contribution is 2.42. The molecule has 1 N–H and O–H groups in total. The monoisotopic (exact) mass is 553 g/mol. The zero-order valence-corrected chi connectivity index (χ0v) is 21.0. The molecule has 0 spiro atoms. The number of aromatic nitrogens is 1. The third kappa shape index (κ3) is 5.58. The van der Waals surface area contributed by atoms with E-state index in [9.17, 15) is 31.9 Å². The van der Waals surface area contributed by atoms with Crippen LogP contribution in [0.5, 0.6) is 0 Å². The van der Waals surface area contributed by atoms with Gasteiger partial charge in [0, 0.05) is 25.2 Å². The van der Waals surface area contributed by atoms with Gasteiger partial charge in [-0.1, -0.05) is 0 Å². The van der Waals surface area contributed by atoms with Crippen LogP contribution in [0.15, 0.2) is 22.4 Å².